The van der Waals surface area contributed by atoms with Crippen molar-refractivity contribution in [3.63, 3.8) is 0 Å². The Bertz CT molecular complexity index is 448. The average molecular weight is 343 g/mol. The van der Waals surface area contributed by atoms with Crippen LogP contribution in [-0.2, 0) is 4.74 Å². The maximum Gasteiger partial charge on any atom is 0.411 e. The minimum atomic E-state index is -4.41. The van der Waals surface area contributed by atoms with Crippen molar-refractivity contribution in [3.05, 3.63) is 22.2 Å². The van der Waals surface area contributed by atoms with Gasteiger partial charge in [0.2, 0.25) is 0 Å². The number of alkyl halides is 3. The van der Waals surface area contributed by atoms with Crippen LogP contribution in [0, 0.1) is 0 Å². The zero-order chi connectivity index (χ0) is 14.5. The van der Waals surface area contributed by atoms with Crippen molar-refractivity contribution >= 4 is 22.2 Å². The molecule has 0 amide bonds. The maximum absolute atomic E-state index is 11.9. The van der Waals surface area contributed by atoms with Gasteiger partial charge in [0.15, 0.2) is 18.3 Å². The highest BCUT2D eigenvalue weighted by molar-refractivity contribution is 9.10. The Morgan fingerprint density at radius 2 is 2.05 bits per heavy atom. The number of carbonyl (C=O) groups excluding carboxylic acids is 1. The Morgan fingerprint density at radius 3 is 2.58 bits per heavy atom. The molecule has 0 aliphatic carbocycles. The molecule has 0 unspecified atom stereocenters. The van der Waals surface area contributed by atoms with Crippen LogP contribution in [0.2, 0.25) is 0 Å². The van der Waals surface area contributed by atoms with Crippen LogP contribution in [0.15, 0.2) is 16.6 Å². The minimum Gasteiger partial charge on any atom is -0.493 e. The monoisotopic (exact) mass is 342 g/mol. The standard InChI is InChI=1S/C11H10BrF3O4/c1-17-9-3-7(4-16)2-8(12)10(9)19-6-18-5-11(13,14)15/h2-4H,5-6H2,1H3. The fourth-order valence-corrected chi connectivity index (χ4v) is 1.78. The summed E-state index contributed by atoms with van der Waals surface area (Å²) in [5.41, 5.74) is 0.340. The van der Waals surface area contributed by atoms with Crippen LogP contribution in [0.5, 0.6) is 11.5 Å². The average Bonchev–Trinajstić information content (AvgIpc) is 2.34. The van der Waals surface area contributed by atoms with E-state index in [0.29, 0.717) is 16.3 Å². The van der Waals surface area contributed by atoms with Crippen molar-refractivity contribution in [2.75, 3.05) is 20.5 Å². The first kappa shape index (κ1) is 15.8. The summed E-state index contributed by atoms with van der Waals surface area (Å²) >= 11 is 3.13. The normalized spacial score (nSPS) is 11.2. The topological polar surface area (TPSA) is 44.8 Å². The van der Waals surface area contributed by atoms with Gasteiger partial charge < -0.3 is 14.2 Å². The van der Waals surface area contributed by atoms with Crippen molar-refractivity contribution in [3.8, 4) is 11.5 Å². The van der Waals surface area contributed by atoms with Crippen molar-refractivity contribution in [2.24, 2.45) is 0 Å². The molecule has 1 aromatic carbocycles. The maximum atomic E-state index is 11.9. The molecule has 0 aromatic heterocycles. The molecule has 0 fully saturated rings. The first-order valence-electron chi connectivity index (χ1n) is 4.97. The highest BCUT2D eigenvalue weighted by Gasteiger charge is 2.27. The first-order valence-corrected chi connectivity index (χ1v) is 5.76. The summed E-state index contributed by atoms with van der Waals surface area (Å²) in [5.74, 6) is 0.377. The molecule has 4 nitrogen and oxygen atoms in total. The summed E-state index contributed by atoms with van der Waals surface area (Å²) in [6.07, 6.45) is -3.80. The van der Waals surface area contributed by atoms with Gasteiger partial charge in [-0.2, -0.15) is 13.2 Å². The number of halogens is 4. The van der Waals surface area contributed by atoms with Crippen LogP contribution >= 0.6 is 15.9 Å². The predicted octanol–water partition coefficient (Wildman–Crippen LogP) is 3.19. The van der Waals surface area contributed by atoms with Gasteiger partial charge in [-0.1, -0.05) is 0 Å². The molecule has 0 aliphatic heterocycles. The number of benzene rings is 1. The SMILES string of the molecule is COc1cc(C=O)cc(Br)c1OCOCC(F)(F)F. The van der Waals surface area contributed by atoms with E-state index in [0.717, 1.165) is 0 Å². The summed E-state index contributed by atoms with van der Waals surface area (Å²) in [6, 6.07) is 2.85. The number of methoxy groups -OCH3 is 1. The second kappa shape index (κ2) is 6.76. The summed E-state index contributed by atoms with van der Waals surface area (Å²) in [4.78, 5) is 10.6. The smallest absolute Gasteiger partial charge is 0.411 e. The van der Waals surface area contributed by atoms with Crippen LogP contribution < -0.4 is 9.47 Å². The molecule has 8 heteroatoms. The first-order chi connectivity index (χ1) is 8.87. The Balaban J connectivity index is 2.70. The number of ether oxygens (including phenoxy) is 3. The minimum absolute atomic E-state index is 0.162. The molecule has 0 N–H and O–H groups in total. The van der Waals surface area contributed by atoms with Gasteiger partial charge in [0, 0.05) is 5.56 Å². The van der Waals surface area contributed by atoms with Gasteiger partial charge in [-0.25, -0.2) is 0 Å². The Kier molecular flexibility index (Phi) is 5.61. The van der Waals surface area contributed by atoms with Crippen molar-refractivity contribution in [2.45, 2.75) is 6.18 Å². The Hall–Kier alpha value is -1.28. The van der Waals surface area contributed by atoms with Crippen LogP contribution in [0.3, 0.4) is 0 Å². The van der Waals surface area contributed by atoms with Gasteiger partial charge in [-0.3, -0.25) is 4.79 Å². The lowest BCUT2D eigenvalue weighted by Crippen LogP contribution is -2.19. The largest absolute Gasteiger partial charge is 0.493 e. The number of hydrogen-bond donors (Lipinski definition) is 0. The lowest BCUT2D eigenvalue weighted by Gasteiger charge is -2.13. The molecule has 1 aromatic rings. The third-order valence-corrected chi connectivity index (χ3v) is 2.53. The summed E-state index contributed by atoms with van der Waals surface area (Å²) in [6.45, 7) is -1.99. The van der Waals surface area contributed by atoms with Crippen LogP contribution in [-0.4, -0.2) is 33.0 Å². The van der Waals surface area contributed by atoms with Crippen LogP contribution in [0.25, 0.3) is 0 Å². The molecule has 0 radical (unpaired) electrons. The van der Waals surface area contributed by atoms with E-state index in [4.69, 9.17) is 9.47 Å². The molecular weight excluding hydrogens is 333 g/mol. The molecule has 106 valence electrons. The molecule has 0 heterocycles. The fraction of sp³-hybridized carbons (Fsp3) is 0.364. The second-order valence-electron chi connectivity index (χ2n) is 3.38. The van der Waals surface area contributed by atoms with Gasteiger partial charge in [0.1, 0.15) is 12.9 Å². The third kappa shape index (κ3) is 5.07. The van der Waals surface area contributed by atoms with Crippen LogP contribution in [0.1, 0.15) is 10.4 Å². The Labute approximate surface area is 115 Å². The van der Waals surface area contributed by atoms with Gasteiger partial charge in [-0.05, 0) is 28.1 Å². The molecular formula is C11H10BrF3O4. The van der Waals surface area contributed by atoms with E-state index < -0.39 is 19.6 Å². The van der Waals surface area contributed by atoms with E-state index in [1.807, 2.05) is 0 Å². The second-order valence-corrected chi connectivity index (χ2v) is 4.23. The van der Waals surface area contributed by atoms with Crippen molar-refractivity contribution in [1.82, 2.24) is 0 Å². The number of hydrogen-bond acceptors (Lipinski definition) is 4. The summed E-state index contributed by atoms with van der Waals surface area (Å²) in [5, 5.41) is 0. The summed E-state index contributed by atoms with van der Waals surface area (Å²) in [7, 11) is 1.35. The molecule has 1 rings (SSSR count). The molecule has 0 bridgehead atoms. The fourth-order valence-electron chi connectivity index (χ4n) is 1.21. The van der Waals surface area contributed by atoms with E-state index in [1.54, 1.807) is 0 Å². The molecule has 0 saturated heterocycles. The van der Waals surface area contributed by atoms with Crippen molar-refractivity contribution in [1.29, 1.82) is 0 Å². The molecule has 19 heavy (non-hydrogen) atoms. The molecule has 0 aliphatic rings. The number of aldehydes is 1. The van der Waals surface area contributed by atoms with E-state index in [9.17, 15) is 18.0 Å². The van der Waals surface area contributed by atoms with Gasteiger partial charge in [0.25, 0.3) is 0 Å². The van der Waals surface area contributed by atoms with E-state index in [-0.39, 0.29) is 11.5 Å². The zero-order valence-electron chi connectivity index (χ0n) is 9.79. The molecule has 0 saturated carbocycles. The van der Waals surface area contributed by atoms with Crippen molar-refractivity contribution < 1.29 is 32.2 Å². The van der Waals surface area contributed by atoms with E-state index in [2.05, 4.69) is 20.7 Å². The summed E-state index contributed by atoms with van der Waals surface area (Å²) < 4.78 is 50.3. The predicted molar refractivity (Wildman–Crippen MR) is 63.6 cm³/mol. The molecule has 0 spiro atoms. The van der Waals surface area contributed by atoms with E-state index >= 15 is 0 Å². The van der Waals surface area contributed by atoms with Gasteiger partial charge in [0.05, 0.1) is 11.6 Å². The quantitative estimate of drug-likeness (QED) is 0.452. The highest BCUT2D eigenvalue weighted by Crippen LogP contribution is 2.36. The lowest BCUT2D eigenvalue weighted by atomic mass is 10.2. The highest BCUT2D eigenvalue weighted by atomic mass is 79.9. The third-order valence-electron chi connectivity index (χ3n) is 1.94. The number of rotatable bonds is 6. The Morgan fingerprint density at radius 1 is 1.37 bits per heavy atom. The van der Waals surface area contributed by atoms with Gasteiger partial charge in [-0.15, -0.1) is 0 Å². The molecule has 0 atom stereocenters. The van der Waals surface area contributed by atoms with Gasteiger partial charge >= 0.3 is 6.18 Å². The number of carbonyl (C=O) groups is 1. The lowest BCUT2D eigenvalue weighted by molar-refractivity contribution is -0.186. The zero-order valence-corrected chi connectivity index (χ0v) is 11.4. The van der Waals surface area contributed by atoms with E-state index in [1.165, 1.54) is 19.2 Å². The van der Waals surface area contributed by atoms with Crippen LogP contribution in [0.4, 0.5) is 13.2 Å².